The highest BCUT2D eigenvalue weighted by Crippen LogP contribution is 2.31. The van der Waals surface area contributed by atoms with Crippen LogP contribution in [-0.4, -0.2) is 49.6 Å². The van der Waals surface area contributed by atoms with Crippen molar-refractivity contribution in [1.82, 2.24) is 10.2 Å². The molecule has 1 aliphatic rings. The highest BCUT2D eigenvalue weighted by atomic mass is 16.5. The van der Waals surface area contributed by atoms with Crippen molar-refractivity contribution in [1.29, 1.82) is 0 Å². The summed E-state index contributed by atoms with van der Waals surface area (Å²) in [5.41, 5.74) is 0.946. The zero-order valence-corrected chi connectivity index (χ0v) is 19.9. The first kappa shape index (κ1) is 24.4. The Hall–Kier alpha value is -3.22. The van der Waals surface area contributed by atoms with Crippen molar-refractivity contribution in [2.75, 3.05) is 26.8 Å². The van der Waals surface area contributed by atoms with E-state index in [1.54, 1.807) is 12.0 Å². The largest absolute Gasteiger partial charge is 0.493 e. The van der Waals surface area contributed by atoms with Crippen LogP contribution in [-0.2, 0) is 9.59 Å². The average molecular weight is 455 g/mol. The summed E-state index contributed by atoms with van der Waals surface area (Å²) in [6, 6.07) is 14.8. The van der Waals surface area contributed by atoms with Gasteiger partial charge in [-0.25, -0.2) is 0 Å². The molecule has 2 aromatic carbocycles. The molecule has 0 spiro atoms. The van der Waals surface area contributed by atoms with Crippen LogP contribution in [0.5, 0.6) is 17.2 Å². The molecule has 1 N–H and O–H groups in total. The van der Waals surface area contributed by atoms with Crippen molar-refractivity contribution < 1.29 is 23.8 Å². The third-order valence-corrected chi connectivity index (χ3v) is 5.73. The summed E-state index contributed by atoms with van der Waals surface area (Å²) >= 11 is 0. The van der Waals surface area contributed by atoms with E-state index in [9.17, 15) is 9.59 Å². The van der Waals surface area contributed by atoms with Gasteiger partial charge in [0.15, 0.2) is 18.1 Å². The first-order valence-corrected chi connectivity index (χ1v) is 11.5. The molecule has 1 saturated heterocycles. The van der Waals surface area contributed by atoms with Crippen LogP contribution in [0.3, 0.4) is 0 Å². The van der Waals surface area contributed by atoms with E-state index in [-0.39, 0.29) is 36.5 Å². The number of carbonyl (C=O) groups excluding carboxylic acids is 2. The number of nitrogens with one attached hydrogen (secondary N) is 1. The van der Waals surface area contributed by atoms with Gasteiger partial charge >= 0.3 is 0 Å². The molecule has 2 aromatic rings. The Balaban J connectivity index is 1.48. The van der Waals surface area contributed by atoms with E-state index < -0.39 is 0 Å². The lowest BCUT2D eigenvalue weighted by atomic mass is 9.95. The highest BCUT2D eigenvalue weighted by Gasteiger charge is 2.28. The maximum Gasteiger partial charge on any atom is 0.260 e. The second-order valence-corrected chi connectivity index (χ2v) is 8.56. The number of methoxy groups -OCH3 is 1. The molecule has 1 atom stereocenters. The summed E-state index contributed by atoms with van der Waals surface area (Å²) < 4.78 is 16.8. The van der Waals surface area contributed by atoms with Gasteiger partial charge < -0.3 is 24.4 Å². The average Bonchev–Trinajstić information content (AvgIpc) is 2.83. The van der Waals surface area contributed by atoms with Crippen LogP contribution in [0, 0.1) is 5.92 Å². The number of rotatable bonds is 9. The van der Waals surface area contributed by atoms with E-state index >= 15 is 0 Å². The Morgan fingerprint density at radius 3 is 2.36 bits per heavy atom. The van der Waals surface area contributed by atoms with Gasteiger partial charge in [-0.15, -0.1) is 0 Å². The van der Waals surface area contributed by atoms with Crippen molar-refractivity contribution in [3.63, 3.8) is 0 Å². The third kappa shape index (κ3) is 6.88. The molecule has 7 nitrogen and oxygen atoms in total. The first-order valence-electron chi connectivity index (χ1n) is 11.5. The van der Waals surface area contributed by atoms with E-state index in [4.69, 9.17) is 14.2 Å². The van der Waals surface area contributed by atoms with Crippen molar-refractivity contribution in [2.24, 2.45) is 5.92 Å². The number of nitrogens with zero attached hydrogens (tertiary/aromatic N) is 1. The van der Waals surface area contributed by atoms with Gasteiger partial charge in [-0.2, -0.15) is 0 Å². The normalized spacial score (nSPS) is 15.1. The minimum atomic E-state index is -0.168. The summed E-state index contributed by atoms with van der Waals surface area (Å²) in [4.78, 5) is 27.1. The van der Waals surface area contributed by atoms with Crippen molar-refractivity contribution >= 4 is 11.8 Å². The molecule has 7 heteroatoms. The van der Waals surface area contributed by atoms with Crippen LogP contribution in [0.2, 0.25) is 0 Å². The molecule has 0 saturated carbocycles. The van der Waals surface area contributed by atoms with Gasteiger partial charge in [0.25, 0.3) is 5.91 Å². The number of hydrogen-bond donors (Lipinski definition) is 1. The molecule has 2 amide bonds. The Morgan fingerprint density at radius 1 is 1.03 bits per heavy atom. The predicted octanol–water partition coefficient (Wildman–Crippen LogP) is 3.98. The summed E-state index contributed by atoms with van der Waals surface area (Å²) in [6.07, 6.45) is 1.32. The van der Waals surface area contributed by atoms with Crippen LogP contribution in [0.25, 0.3) is 0 Å². The molecule has 0 aliphatic carbocycles. The van der Waals surface area contributed by atoms with Gasteiger partial charge in [0.05, 0.1) is 19.3 Å². The van der Waals surface area contributed by atoms with Gasteiger partial charge in [0.1, 0.15) is 5.75 Å². The Kier molecular flexibility index (Phi) is 8.58. The molecule has 178 valence electrons. The zero-order chi connectivity index (χ0) is 23.8. The van der Waals surface area contributed by atoms with Crippen LogP contribution in [0.15, 0.2) is 48.5 Å². The minimum absolute atomic E-state index is 0.0102. The number of carbonyl (C=O) groups is 2. The number of amides is 2. The quantitative estimate of drug-likeness (QED) is 0.620. The smallest absolute Gasteiger partial charge is 0.260 e. The van der Waals surface area contributed by atoms with E-state index in [1.165, 1.54) is 0 Å². The lowest BCUT2D eigenvalue weighted by Crippen LogP contribution is -2.44. The van der Waals surface area contributed by atoms with Crippen molar-refractivity contribution in [3.05, 3.63) is 54.1 Å². The Labute approximate surface area is 196 Å². The Bertz CT molecular complexity index is 924. The van der Waals surface area contributed by atoms with Crippen LogP contribution in [0.4, 0.5) is 0 Å². The summed E-state index contributed by atoms with van der Waals surface area (Å²) in [7, 11) is 1.61. The fourth-order valence-corrected chi connectivity index (χ4v) is 3.86. The molecular weight excluding hydrogens is 420 g/mol. The highest BCUT2D eigenvalue weighted by molar-refractivity contribution is 5.81. The maximum atomic E-state index is 12.8. The molecule has 1 heterocycles. The monoisotopic (exact) mass is 454 g/mol. The number of benzene rings is 2. The van der Waals surface area contributed by atoms with Gasteiger partial charge in [-0.05, 0) is 63.4 Å². The van der Waals surface area contributed by atoms with E-state index in [0.29, 0.717) is 43.2 Å². The van der Waals surface area contributed by atoms with Gasteiger partial charge in [-0.1, -0.05) is 24.3 Å². The fourth-order valence-electron chi connectivity index (χ4n) is 3.86. The molecule has 1 aliphatic heterocycles. The summed E-state index contributed by atoms with van der Waals surface area (Å²) in [5, 5.41) is 3.10. The standard InChI is InChI=1S/C26H34N2O5/c1-18(2)33-23-11-10-21(16-24(23)31-4)19(3)27-26(30)20-12-14-28(15-13-20)25(29)17-32-22-8-6-5-7-9-22/h5-11,16,18-20H,12-15,17H2,1-4H3,(H,27,30). The zero-order valence-electron chi connectivity index (χ0n) is 19.9. The molecule has 0 aromatic heterocycles. The third-order valence-electron chi connectivity index (χ3n) is 5.73. The lowest BCUT2D eigenvalue weighted by Gasteiger charge is -2.32. The SMILES string of the molecule is COc1cc(C(C)NC(=O)C2CCN(C(=O)COc3ccccc3)CC2)ccc1OC(C)C. The molecule has 0 bridgehead atoms. The molecular formula is C26H34N2O5. The maximum absolute atomic E-state index is 12.8. The molecule has 1 fully saturated rings. The molecule has 1 unspecified atom stereocenters. The Morgan fingerprint density at radius 2 is 1.73 bits per heavy atom. The van der Waals surface area contributed by atoms with Gasteiger partial charge in [-0.3, -0.25) is 9.59 Å². The fraction of sp³-hybridized carbons (Fsp3) is 0.462. The molecule has 33 heavy (non-hydrogen) atoms. The number of ether oxygens (including phenoxy) is 3. The van der Waals surface area contributed by atoms with Crippen molar-refractivity contribution in [2.45, 2.75) is 45.8 Å². The van der Waals surface area contributed by atoms with Gasteiger partial charge in [0.2, 0.25) is 5.91 Å². The first-order chi connectivity index (χ1) is 15.9. The predicted molar refractivity (Wildman–Crippen MR) is 127 cm³/mol. The van der Waals surface area contributed by atoms with Crippen molar-refractivity contribution in [3.8, 4) is 17.2 Å². The topological polar surface area (TPSA) is 77.1 Å². The van der Waals surface area contributed by atoms with E-state index in [2.05, 4.69) is 5.32 Å². The van der Waals surface area contributed by atoms with E-state index in [0.717, 1.165) is 5.56 Å². The molecule has 3 rings (SSSR count). The summed E-state index contributed by atoms with van der Waals surface area (Å²) in [5.74, 6) is 1.85. The van der Waals surface area contributed by atoms with Gasteiger partial charge in [0, 0.05) is 19.0 Å². The van der Waals surface area contributed by atoms with Crippen LogP contribution in [0.1, 0.15) is 45.2 Å². The van der Waals surface area contributed by atoms with E-state index in [1.807, 2.05) is 69.3 Å². The van der Waals surface area contributed by atoms with Crippen LogP contribution >= 0.6 is 0 Å². The number of piperidine rings is 1. The lowest BCUT2D eigenvalue weighted by molar-refractivity contribution is -0.137. The number of hydrogen-bond acceptors (Lipinski definition) is 5. The number of likely N-dealkylation sites (tertiary alicyclic amines) is 1. The second kappa shape index (κ2) is 11.6. The summed E-state index contributed by atoms with van der Waals surface area (Å²) in [6.45, 7) is 7.00. The van der Waals surface area contributed by atoms with Crippen LogP contribution < -0.4 is 19.5 Å². The minimum Gasteiger partial charge on any atom is -0.493 e. The number of para-hydroxylation sites is 1. The second-order valence-electron chi connectivity index (χ2n) is 8.56. The molecule has 0 radical (unpaired) electrons.